The first-order chi connectivity index (χ1) is 24.9. The molecule has 1 amide bonds. The minimum atomic E-state index is -4.65. The van der Waals surface area contributed by atoms with Crippen molar-refractivity contribution in [2.75, 3.05) is 6.61 Å². The highest BCUT2D eigenvalue weighted by molar-refractivity contribution is 6.32. The van der Waals surface area contributed by atoms with Crippen molar-refractivity contribution < 1.29 is 36.3 Å². The molecule has 12 nitrogen and oxygen atoms in total. The number of halogens is 6. The first-order valence-corrected chi connectivity index (χ1v) is 17.2. The van der Waals surface area contributed by atoms with Gasteiger partial charge in [-0.05, 0) is 47.9 Å². The van der Waals surface area contributed by atoms with Crippen LogP contribution in [-0.2, 0) is 19.9 Å². The Morgan fingerprint density at radius 3 is 2.43 bits per heavy atom. The number of aromatic nitrogens is 6. The maximum absolute atomic E-state index is 14.9. The summed E-state index contributed by atoms with van der Waals surface area (Å²) in [6.45, 7) is 5.95. The monoisotopic (exact) mass is 761 g/mol. The molecule has 0 bridgehead atoms. The predicted molar refractivity (Wildman–Crippen MR) is 183 cm³/mol. The molecule has 2 N–H and O–H groups in total. The van der Waals surface area contributed by atoms with Gasteiger partial charge in [0, 0.05) is 5.56 Å². The number of ether oxygens (including phenoxy) is 1. The number of carbonyl (C=O) groups is 2. The Balaban J connectivity index is 1.39. The van der Waals surface area contributed by atoms with E-state index in [0.29, 0.717) is 17.3 Å². The van der Waals surface area contributed by atoms with E-state index in [-0.39, 0.29) is 28.7 Å². The lowest BCUT2D eigenvalue weighted by atomic mass is 9.75. The standard InChI is InChI=1S/C35H37ClF5N9O3/c1-19(35(39,40)41)13-28(51)53-16-27(21-7-12-24(36)26(14-21)50-30(29(37)38)43-18-44-50)49-31(52)34(45-32(49)42,17-33(2,3)4)22-8-5-20(6-9-22)25-15-48(47-46-25)23-10-11-23/h5-9,12,14-15,18-19,23,27,29H,10-11,13,16-17H2,1-4H3,(H2,42,45)/t19-,27-,34-/m1/s1. The highest BCUT2D eigenvalue weighted by Gasteiger charge is 2.53. The molecule has 0 saturated heterocycles. The van der Waals surface area contributed by atoms with Crippen LogP contribution in [0, 0.1) is 11.3 Å². The Morgan fingerprint density at radius 1 is 1.11 bits per heavy atom. The number of nitrogens with zero attached hydrogens (tertiary/aromatic N) is 8. The van der Waals surface area contributed by atoms with E-state index in [1.807, 2.05) is 31.6 Å². The van der Waals surface area contributed by atoms with Crippen molar-refractivity contribution in [3.05, 3.63) is 77.0 Å². The fourth-order valence-electron chi connectivity index (χ4n) is 6.32. The lowest BCUT2D eigenvalue weighted by Crippen LogP contribution is -2.47. The van der Waals surface area contributed by atoms with E-state index in [1.165, 1.54) is 18.2 Å². The van der Waals surface area contributed by atoms with Gasteiger partial charge in [0.2, 0.25) is 0 Å². The zero-order valence-corrected chi connectivity index (χ0v) is 29.9. The molecule has 2 aliphatic rings. The number of esters is 1. The van der Waals surface area contributed by atoms with Crippen LogP contribution in [0.2, 0.25) is 5.02 Å². The maximum Gasteiger partial charge on any atom is 0.392 e. The summed E-state index contributed by atoms with van der Waals surface area (Å²) < 4.78 is 75.5. The molecule has 1 fully saturated rings. The Kier molecular flexibility index (Phi) is 10.1. The smallest absolute Gasteiger partial charge is 0.392 e. The molecule has 282 valence electrons. The normalized spacial score (nSPS) is 19.1. The van der Waals surface area contributed by atoms with E-state index in [0.717, 1.165) is 41.2 Å². The van der Waals surface area contributed by atoms with Gasteiger partial charge in [0.1, 0.15) is 18.6 Å². The number of amides is 1. The van der Waals surface area contributed by atoms with Gasteiger partial charge in [-0.3, -0.25) is 14.5 Å². The average molecular weight is 762 g/mol. The van der Waals surface area contributed by atoms with Crippen molar-refractivity contribution in [3.63, 3.8) is 0 Å². The van der Waals surface area contributed by atoms with Crippen LogP contribution in [0.1, 0.15) is 88.8 Å². The fraction of sp³-hybridized carbons (Fsp3) is 0.457. The third-order valence-corrected chi connectivity index (χ3v) is 9.42. The van der Waals surface area contributed by atoms with Crippen LogP contribution in [-0.4, -0.2) is 65.3 Å². The molecule has 2 aromatic carbocycles. The summed E-state index contributed by atoms with van der Waals surface area (Å²) in [6.07, 6.45) is -3.63. The second kappa shape index (κ2) is 14.1. The van der Waals surface area contributed by atoms with Crippen LogP contribution >= 0.6 is 11.6 Å². The molecule has 18 heteroatoms. The SMILES string of the molecule is C[C@H](CC(=O)OC[C@H](c1ccc(Cl)c(-n2ncnc2C(F)F)c1)N1C(=O)[C@@](CC(C)(C)C)(c2ccc(-c3cn(C4CC4)nn3)cc2)N=C1N)C(F)(F)F. The van der Waals surface area contributed by atoms with Gasteiger partial charge in [-0.15, -0.1) is 5.10 Å². The third-order valence-electron chi connectivity index (χ3n) is 9.10. The molecule has 3 atom stereocenters. The number of rotatable bonds is 12. The molecular weight excluding hydrogens is 725 g/mol. The van der Waals surface area contributed by atoms with Crippen molar-refractivity contribution in [1.82, 2.24) is 34.7 Å². The maximum atomic E-state index is 14.9. The van der Waals surface area contributed by atoms with Crippen molar-refractivity contribution in [2.45, 2.75) is 83.6 Å². The Morgan fingerprint density at radius 2 is 1.81 bits per heavy atom. The van der Waals surface area contributed by atoms with E-state index in [2.05, 4.69) is 20.4 Å². The van der Waals surface area contributed by atoms with Crippen molar-refractivity contribution in [1.29, 1.82) is 0 Å². The lowest BCUT2D eigenvalue weighted by Gasteiger charge is -2.35. The number of hydrogen-bond acceptors (Lipinski definition) is 9. The third kappa shape index (κ3) is 7.89. The van der Waals surface area contributed by atoms with Gasteiger partial charge < -0.3 is 10.5 Å². The highest BCUT2D eigenvalue weighted by Crippen LogP contribution is 2.45. The van der Waals surface area contributed by atoms with Gasteiger partial charge in [-0.1, -0.05) is 74.8 Å². The van der Waals surface area contributed by atoms with Gasteiger partial charge in [0.25, 0.3) is 12.3 Å². The van der Waals surface area contributed by atoms with Gasteiger partial charge in [-0.2, -0.15) is 18.3 Å². The quantitative estimate of drug-likeness (QED) is 0.119. The lowest BCUT2D eigenvalue weighted by molar-refractivity contribution is -0.181. The molecule has 1 aliphatic carbocycles. The van der Waals surface area contributed by atoms with Gasteiger partial charge in [0.05, 0.1) is 41.3 Å². The van der Waals surface area contributed by atoms with Gasteiger partial charge >= 0.3 is 12.1 Å². The molecule has 0 spiro atoms. The molecule has 53 heavy (non-hydrogen) atoms. The zero-order chi connectivity index (χ0) is 38.5. The van der Waals surface area contributed by atoms with E-state index < -0.39 is 66.2 Å². The fourth-order valence-corrected chi connectivity index (χ4v) is 6.52. The molecule has 3 heterocycles. The molecule has 6 rings (SSSR count). The summed E-state index contributed by atoms with van der Waals surface area (Å²) >= 11 is 6.42. The van der Waals surface area contributed by atoms with Crippen molar-refractivity contribution in [2.24, 2.45) is 22.1 Å². The van der Waals surface area contributed by atoms with Crippen LogP contribution in [0.4, 0.5) is 22.0 Å². The van der Waals surface area contributed by atoms with E-state index in [1.54, 1.807) is 24.3 Å². The summed E-state index contributed by atoms with van der Waals surface area (Å²) in [7, 11) is 0. The van der Waals surface area contributed by atoms with E-state index in [4.69, 9.17) is 27.1 Å². The molecule has 2 aromatic heterocycles. The second-order valence-corrected chi connectivity index (χ2v) is 14.9. The molecule has 1 saturated carbocycles. The summed E-state index contributed by atoms with van der Waals surface area (Å²) in [4.78, 5) is 37.1. The van der Waals surface area contributed by atoms with Gasteiger partial charge in [0.15, 0.2) is 17.3 Å². The first kappa shape index (κ1) is 37.8. The Hall–Kier alpha value is -4.93. The number of guanidine groups is 1. The molecule has 0 unspecified atom stereocenters. The average Bonchev–Trinajstić information content (AvgIpc) is 3.49. The van der Waals surface area contributed by atoms with Crippen LogP contribution in [0.3, 0.4) is 0 Å². The number of hydrogen-bond donors (Lipinski definition) is 1. The Labute approximate surface area is 306 Å². The molecule has 1 aliphatic heterocycles. The summed E-state index contributed by atoms with van der Waals surface area (Å²) in [5.41, 5.74) is 6.53. The number of alkyl halides is 5. The largest absolute Gasteiger partial charge is 0.463 e. The topological polar surface area (TPSA) is 146 Å². The number of benzene rings is 2. The van der Waals surface area contributed by atoms with Crippen LogP contribution in [0.15, 0.2) is 60.0 Å². The number of aliphatic imine (C=N–C) groups is 1. The minimum Gasteiger partial charge on any atom is -0.463 e. The van der Waals surface area contributed by atoms with Crippen LogP contribution in [0.25, 0.3) is 16.9 Å². The Bertz CT molecular complexity index is 2020. The van der Waals surface area contributed by atoms with Crippen molar-refractivity contribution in [3.8, 4) is 16.9 Å². The van der Waals surface area contributed by atoms with Crippen LogP contribution in [0.5, 0.6) is 0 Å². The molecule has 4 aromatic rings. The van der Waals surface area contributed by atoms with E-state index in [9.17, 15) is 31.5 Å². The number of carbonyl (C=O) groups excluding carboxylic acids is 2. The van der Waals surface area contributed by atoms with Gasteiger partial charge in [-0.25, -0.2) is 28.1 Å². The minimum absolute atomic E-state index is 0.00961. The summed E-state index contributed by atoms with van der Waals surface area (Å²) in [5.74, 6) is -4.76. The highest BCUT2D eigenvalue weighted by atomic mass is 35.5. The number of nitrogens with two attached hydrogens (primary N) is 1. The second-order valence-electron chi connectivity index (χ2n) is 14.5. The first-order valence-electron chi connectivity index (χ1n) is 16.8. The summed E-state index contributed by atoms with van der Waals surface area (Å²) in [6, 6.07) is 10.3. The van der Waals surface area contributed by atoms with Crippen molar-refractivity contribution >= 4 is 29.4 Å². The van der Waals surface area contributed by atoms with E-state index >= 15 is 0 Å². The molecule has 0 radical (unpaired) electrons. The molecular formula is C35H37ClF5N9O3. The van der Waals surface area contributed by atoms with Crippen LogP contribution < -0.4 is 5.73 Å². The predicted octanol–water partition coefficient (Wildman–Crippen LogP) is 7.11. The zero-order valence-electron chi connectivity index (χ0n) is 29.2. The summed E-state index contributed by atoms with van der Waals surface area (Å²) in [5, 5.41) is 12.4.